The molecule has 1 rings (SSSR count). The van der Waals surface area contributed by atoms with Gasteiger partial charge in [0.15, 0.2) is 0 Å². The molecule has 1 N–H and O–H groups in total. The van der Waals surface area contributed by atoms with Gasteiger partial charge in [0.1, 0.15) is 11.6 Å². The Labute approximate surface area is 109 Å². The quantitative estimate of drug-likeness (QED) is 0.753. The Morgan fingerprint density at radius 3 is 2.67 bits per heavy atom. The minimum atomic E-state index is 0.611. The maximum Gasteiger partial charge on any atom is 0.221 e. The van der Waals surface area contributed by atoms with Gasteiger partial charge in [0, 0.05) is 13.0 Å². The monoisotopic (exact) mass is 249 g/mol. The van der Waals surface area contributed by atoms with Crippen molar-refractivity contribution in [2.75, 3.05) is 18.5 Å². The highest BCUT2D eigenvalue weighted by molar-refractivity contribution is 5.48. The summed E-state index contributed by atoms with van der Waals surface area (Å²) >= 11 is 0. The molecule has 1 aromatic heterocycles. The predicted octanol–water partition coefficient (Wildman–Crippen LogP) is 3.26. The minimum Gasteiger partial charge on any atom is -0.477 e. The molecule has 0 radical (unpaired) electrons. The molecule has 18 heavy (non-hydrogen) atoms. The van der Waals surface area contributed by atoms with Crippen LogP contribution >= 0.6 is 0 Å². The zero-order chi connectivity index (χ0) is 13.5. The van der Waals surface area contributed by atoms with E-state index in [1.165, 1.54) is 0 Å². The fraction of sp³-hybridized carbons (Fsp3) is 0.571. The molecule has 0 aliphatic heterocycles. The Morgan fingerprint density at radius 1 is 1.33 bits per heavy atom. The number of aromatic nitrogens is 2. The Morgan fingerprint density at radius 2 is 2.06 bits per heavy atom. The average molecular weight is 249 g/mol. The molecule has 0 amide bonds. The number of nitrogens with one attached hydrogen (secondary N) is 1. The zero-order valence-electron chi connectivity index (χ0n) is 11.8. The minimum absolute atomic E-state index is 0.611. The van der Waals surface area contributed by atoms with Crippen LogP contribution in [0, 0.1) is 13.8 Å². The highest BCUT2D eigenvalue weighted by atomic mass is 16.5. The van der Waals surface area contributed by atoms with E-state index < -0.39 is 0 Å². The molecule has 4 heteroatoms. The van der Waals surface area contributed by atoms with E-state index in [0.717, 1.165) is 42.2 Å². The Kier molecular flexibility index (Phi) is 5.62. The lowest BCUT2D eigenvalue weighted by atomic mass is 10.2. The first-order chi connectivity index (χ1) is 8.54. The van der Waals surface area contributed by atoms with Crippen LogP contribution < -0.4 is 10.1 Å². The van der Waals surface area contributed by atoms with Gasteiger partial charge >= 0.3 is 0 Å². The van der Waals surface area contributed by atoms with Crippen LogP contribution in [0.25, 0.3) is 0 Å². The number of aryl methyl sites for hydroxylation is 1. The third kappa shape index (κ3) is 4.35. The molecule has 0 saturated heterocycles. The molecule has 0 aliphatic carbocycles. The summed E-state index contributed by atoms with van der Waals surface area (Å²) < 4.78 is 5.70. The summed E-state index contributed by atoms with van der Waals surface area (Å²) in [5.74, 6) is 2.27. The van der Waals surface area contributed by atoms with Crippen molar-refractivity contribution in [3.05, 3.63) is 23.5 Å². The van der Waals surface area contributed by atoms with Crippen molar-refractivity contribution in [1.29, 1.82) is 0 Å². The van der Waals surface area contributed by atoms with E-state index in [1.807, 2.05) is 20.8 Å². The zero-order valence-corrected chi connectivity index (χ0v) is 11.8. The van der Waals surface area contributed by atoms with Crippen LogP contribution in [-0.2, 0) is 0 Å². The van der Waals surface area contributed by atoms with Gasteiger partial charge in [0.25, 0.3) is 0 Å². The number of ether oxygens (including phenoxy) is 1. The lowest BCUT2D eigenvalue weighted by molar-refractivity contribution is 0.306. The van der Waals surface area contributed by atoms with Gasteiger partial charge in [-0.2, -0.15) is 4.98 Å². The van der Waals surface area contributed by atoms with Crippen molar-refractivity contribution < 1.29 is 4.74 Å². The van der Waals surface area contributed by atoms with Crippen molar-refractivity contribution >= 4 is 5.82 Å². The van der Waals surface area contributed by atoms with E-state index in [9.17, 15) is 0 Å². The van der Waals surface area contributed by atoms with Crippen molar-refractivity contribution in [3.8, 4) is 5.88 Å². The second kappa shape index (κ2) is 6.99. The molecule has 0 fully saturated rings. The Bertz CT molecular complexity index is 416. The summed E-state index contributed by atoms with van der Waals surface area (Å²) in [6.45, 7) is 13.4. The normalized spacial score (nSPS) is 10.2. The third-order valence-corrected chi connectivity index (χ3v) is 2.52. The number of hydrogen-bond acceptors (Lipinski definition) is 4. The molecule has 0 unspecified atom stereocenters. The third-order valence-electron chi connectivity index (χ3n) is 2.52. The van der Waals surface area contributed by atoms with Gasteiger partial charge in [-0.25, -0.2) is 4.98 Å². The molecule has 0 atom stereocenters. The van der Waals surface area contributed by atoms with Gasteiger partial charge in [-0.05, 0) is 27.2 Å². The number of anilines is 1. The SMILES string of the molecule is C=C(C)CCOc1nc(C)nc(NCCC)c1C. The summed E-state index contributed by atoms with van der Waals surface area (Å²) in [7, 11) is 0. The first kappa shape index (κ1) is 14.5. The number of rotatable bonds is 7. The molecule has 0 spiro atoms. The Hall–Kier alpha value is -1.58. The van der Waals surface area contributed by atoms with Gasteiger partial charge in [0.2, 0.25) is 5.88 Å². The molecule has 0 aromatic carbocycles. The van der Waals surface area contributed by atoms with Crippen molar-refractivity contribution in [2.24, 2.45) is 0 Å². The van der Waals surface area contributed by atoms with Gasteiger partial charge in [-0.3, -0.25) is 0 Å². The summed E-state index contributed by atoms with van der Waals surface area (Å²) in [6.07, 6.45) is 1.91. The van der Waals surface area contributed by atoms with Crippen molar-refractivity contribution in [1.82, 2.24) is 9.97 Å². The molecular formula is C14H23N3O. The fourth-order valence-electron chi connectivity index (χ4n) is 1.48. The highest BCUT2D eigenvalue weighted by Crippen LogP contribution is 2.22. The maximum absolute atomic E-state index is 5.70. The molecule has 1 heterocycles. The van der Waals surface area contributed by atoms with Gasteiger partial charge < -0.3 is 10.1 Å². The summed E-state index contributed by atoms with van der Waals surface area (Å²) in [5.41, 5.74) is 2.08. The molecule has 4 nitrogen and oxygen atoms in total. The van der Waals surface area contributed by atoms with E-state index in [4.69, 9.17) is 4.74 Å². The van der Waals surface area contributed by atoms with E-state index in [0.29, 0.717) is 12.5 Å². The van der Waals surface area contributed by atoms with Crippen molar-refractivity contribution in [3.63, 3.8) is 0 Å². The predicted molar refractivity (Wildman–Crippen MR) is 75.2 cm³/mol. The first-order valence-electron chi connectivity index (χ1n) is 6.40. The number of hydrogen-bond donors (Lipinski definition) is 1. The summed E-state index contributed by atoms with van der Waals surface area (Å²) in [4.78, 5) is 8.73. The second-order valence-electron chi connectivity index (χ2n) is 4.53. The van der Waals surface area contributed by atoms with Gasteiger partial charge in [0.05, 0.1) is 12.2 Å². The van der Waals surface area contributed by atoms with Crippen LogP contribution in [0.15, 0.2) is 12.2 Å². The molecular weight excluding hydrogens is 226 g/mol. The van der Waals surface area contributed by atoms with Crippen LogP contribution in [0.2, 0.25) is 0 Å². The lowest BCUT2D eigenvalue weighted by Crippen LogP contribution is -2.09. The van der Waals surface area contributed by atoms with Crippen LogP contribution in [0.5, 0.6) is 5.88 Å². The molecule has 0 bridgehead atoms. The van der Waals surface area contributed by atoms with E-state index >= 15 is 0 Å². The standard InChI is InChI=1S/C14H23N3O/c1-6-8-15-13-11(4)14(17-12(5)16-13)18-9-7-10(2)3/h2,6-9H2,1,3-5H3,(H,15,16,17). The maximum atomic E-state index is 5.70. The highest BCUT2D eigenvalue weighted by Gasteiger charge is 2.09. The largest absolute Gasteiger partial charge is 0.477 e. The van der Waals surface area contributed by atoms with Crippen LogP contribution in [-0.4, -0.2) is 23.1 Å². The van der Waals surface area contributed by atoms with Gasteiger partial charge in [-0.1, -0.05) is 12.5 Å². The Balaban J connectivity index is 2.77. The summed E-state index contributed by atoms with van der Waals surface area (Å²) in [5, 5.41) is 3.29. The fourth-order valence-corrected chi connectivity index (χ4v) is 1.48. The molecule has 1 aromatic rings. The van der Waals surface area contributed by atoms with E-state index in [2.05, 4.69) is 28.8 Å². The lowest BCUT2D eigenvalue weighted by Gasteiger charge is -2.13. The van der Waals surface area contributed by atoms with Gasteiger partial charge in [-0.15, -0.1) is 6.58 Å². The topological polar surface area (TPSA) is 47.0 Å². The number of nitrogens with zero attached hydrogens (tertiary/aromatic N) is 2. The van der Waals surface area contributed by atoms with Crippen molar-refractivity contribution in [2.45, 2.75) is 40.5 Å². The summed E-state index contributed by atoms with van der Waals surface area (Å²) in [6, 6.07) is 0. The van der Waals surface area contributed by atoms with E-state index in [1.54, 1.807) is 0 Å². The molecule has 0 saturated carbocycles. The van der Waals surface area contributed by atoms with Crippen LogP contribution in [0.1, 0.15) is 38.1 Å². The molecule has 0 aliphatic rings. The smallest absolute Gasteiger partial charge is 0.221 e. The van der Waals surface area contributed by atoms with Crippen LogP contribution in [0.4, 0.5) is 5.82 Å². The van der Waals surface area contributed by atoms with Crippen LogP contribution in [0.3, 0.4) is 0 Å². The second-order valence-corrected chi connectivity index (χ2v) is 4.53. The molecule has 100 valence electrons. The average Bonchev–Trinajstić information content (AvgIpc) is 2.30. The first-order valence-corrected chi connectivity index (χ1v) is 6.40. The van der Waals surface area contributed by atoms with E-state index in [-0.39, 0.29) is 0 Å².